The Morgan fingerprint density at radius 3 is 2.57 bits per heavy atom. The highest BCUT2D eigenvalue weighted by molar-refractivity contribution is 7.80. The number of thiocarbonyl (C=S) groups is 1. The molecular weight excluding hydrogens is 468 g/mol. The van der Waals surface area contributed by atoms with Crippen molar-refractivity contribution in [3.63, 3.8) is 0 Å². The summed E-state index contributed by atoms with van der Waals surface area (Å²) in [5, 5.41) is 6.51. The number of benzene rings is 3. The number of hydrogen-bond donors (Lipinski definition) is 2. The monoisotopic (exact) mass is 488 g/mol. The van der Waals surface area contributed by atoms with E-state index in [4.69, 9.17) is 30.8 Å². The highest BCUT2D eigenvalue weighted by Gasteiger charge is 2.17. The van der Waals surface area contributed by atoms with E-state index in [1.165, 1.54) is 7.11 Å². The number of fused-ring (bicyclic) bond motifs is 2. The zero-order valence-electron chi connectivity index (χ0n) is 18.6. The molecule has 1 aromatic heterocycles. The number of amides is 1. The number of rotatable bonds is 4. The lowest BCUT2D eigenvalue weighted by Crippen LogP contribution is -2.34. The number of para-hydroxylation sites is 1. The summed E-state index contributed by atoms with van der Waals surface area (Å²) in [5.41, 5.74) is 1.95. The normalized spacial score (nSPS) is 12.1. The summed E-state index contributed by atoms with van der Waals surface area (Å²) >= 11 is 5.31. The van der Waals surface area contributed by atoms with Gasteiger partial charge in [0.2, 0.25) is 0 Å². The molecule has 1 amide bonds. The van der Waals surface area contributed by atoms with Crippen LogP contribution in [-0.2, 0) is 0 Å². The molecule has 0 saturated heterocycles. The minimum atomic E-state index is -0.468. The molecule has 8 nitrogen and oxygen atoms in total. The van der Waals surface area contributed by atoms with Crippen LogP contribution in [0.15, 0.2) is 75.9 Å². The maximum atomic E-state index is 12.6. The fourth-order valence-corrected chi connectivity index (χ4v) is 3.97. The largest absolute Gasteiger partial charge is 0.496 e. The molecule has 0 fully saturated rings. The topological polar surface area (TPSA) is 99.0 Å². The fourth-order valence-electron chi connectivity index (χ4n) is 3.76. The van der Waals surface area contributed by atoms with Crippen LogP contribution in [0.25, 0.3) is 22.1 Å². The van der Waals surface area contributed by atoms with E-state index in [2.05, 4.69) is 10.6 Å². The first-order valence-electron chi connectivity index (χ1n) is 10.7. The predicted octanol–water partition coefficient (Wildman–Crippen LogP) is 4.37. The maximum Gasteiger partial charge on any atom is 0.344 e. The van der Waals surface area contributed by atoms with E-state index in [9.17, 15) is 9.59 Å². The molecule has 9 heteroatoms. The molecule has 0 spiro atoms. The molecule has 0 aliphatic carbocycles. The van der Waals surface area contributed by atoms with Crippen molar-refractivity contribution in [3.8, 4) is 28.4 Å². The first-order chi connectivity index (χ1) is 17.0. The summed E-state index contributed by atoms with van der Waals surface area (Å²) in [6, 6.07) is 19.1. The van der Waals surface area contributed by atoms with Crippen molar-refractivity contribution in [1.82, 2.24) is 5.32 Å². The third-order valence-corrected chi connectivity index (χ3v) is 5.63. The molecule has 0 unspecified atom stereocenters. The van der Waals surface area contributed by atoms with Crippen molar-refractivity contribution in [3.05, 3.63) is 82.7 Å². The molecule has 2 N–H and O–H groups in total. The molecule has 5 rings (SSSR count). The van der Waals surface area contributed by atoms with Crippen LogP contribution in [0, 0.1) is 0 Å². The highest BCUT2D eigenvalue weighted by atomic mass is 32.1. The first kappa shape index (κ1) is 22.4. The molecule has 0 radical (unpaired) electrons. The van der Waals surface area contributed by atoms with Gasteiger partial charge in [0, 0.05) is 28.3 Å². The van der Waals surface area contributed by atoms with Crippen LogP contribution in [0.5, 0.6) is 17.2 Å². The standard InChI is InChI=1S/C26H20N2O6S/c1-31-22-14-17(7-8-18(22)19-12-15-4-2-3-5-20(15)34-25(19)30)27-26(35)28-24(29)16-6-9-21-23(13-16)33-11-10-32-21/h2-9,12-14H,10-11H2,1H3,(H2,27,28,29,35). The second-order valence-electron chi connectivity index (χ2n) is 7.67. The van der Waals surface area contributed by atoms with Gasteiger partial charge in [-0.1, -0.05) is 18.2 Å². The molecule has 3 aromatic carbocycles. The zero-order valence-corrected chi connectivity index (χ0v) is 19.4. The molecule has 176 valence electrons. The summed E-state index contributed by atoms with van der Waals surface area (Å²) in [6.07, 6.45) is 0. The van der Waals surface area contributed by atoms with Crippen LogP contribution in [0.1, 0.15) is 10.4 Å². The maximum absolute atomic E-state index is 12.6. The van der Waals surface area contributed by atoms with Crippen molar-refractivity contribution in [2.45, 2.75) is 0 Å². The molecule has 0 atom stereocenters. The summed E-state index contributed by atoms with van der Waals surface area (Å²) in [7, 11) is 1.51. The van der Waals surface area contributed by atoms with E-state index in [1.54, 1.807) is 48.5 Å². The minimum absolute atomic E-state index is 0.102. The van der Waals surface area contributed by atoms with Crippen molar-refractivity contribution < 1.29 is 23.4 Å². The van der Waals surface area contributed by atoms with Gasteiger partial charge in [-0.05, 0) is 54.7 Å². The second-order valence-corrected chi connectivity index (χ2v) is 8.08. The molecule has 0 bridgehead atoms. The molecular formula is C26H20N2O6S. The Hall–Kier alpha value is -4.37. The van der Waals surface area contributed by atoms with E-state index >= 15 is 0 Å². The van der Waals surface area contributed by atoms with E-state index in [1.807, 2.05) is 18.2 Å². The highest BCUT2D eigenvalue weighted by Crippen LogP contribution is 2.33. The van der Waals surface area contributed by atoms with Gasteiger partial charge in [-0.2, -0.15) is 0 Å². The summed E-state index contributed by atoms with van der Waals surface area (Å²) < 4.78 is 22.0. The van der Waals surface area contributed by atoms with Gasteiger partial charge >= 0.3 is 5.63 Å². The van der Waals surface area contributed by atoms with Crippen molar-refractivity contribution in [2.24, 2.45) is 0 Å². The number of anilines is 1. The van der Waals surface area contributed by atoms with E-state index < -0.39 is 11.5 Å². The van der Waals surface area contributed by atoms with E-state index in [0.717, 1.165) is 5.39 Å². The summed E-state index contributed by atoms with van der Waals surface area (Å²) in [5.74, 6) is 1.16. The number of ether oxygens (including phenoxy) is 3. The first-order valence-corrected chi connectivity index (χ1v) is 11.2. The minimum Gasteiger partial charge on any atom is -0.496 e. The number of methoxy groups -OCH3 is 1. The summed E-state index contributed by atoms with van der Waals surface area (Å²) in [6.45, 7) is 0.900. The van der Waals surface area contributed by atoms with Crippen LogP contribution < -0.4 is 30.5 Å². The molecule has 35 heavy (non-hydrogen) atoms. The van der Waals surface area contributed by atoms with Gasteiger partial charge in [0.25, 0.3) is 5.91 Å². The Bertz CT molecular complexity index is 1510. The fraction of sp³-hybridized carbons (Fsp3) is 0.115. The van der Waals surface area contributed by atoms with Gasteiger partial charge in [0.05, 0.1) is 12.7 Å². The Morgan fingerprint density at radius 1 is 0.943 bits per heavy atom. The third kappa shape index (κ3) is 4.67. The van der Waals surface area contributed by atoms with Crippen molar-refractivity contribution >= 4 is 39.9 Å². The Morgan fingerprint density at radius 2 is 1.74 bits per heavy atom. The SMILES string of the molecule is COc1cc(NC(=S)NC(=O)c2ccc3c(c2)OCCO3)ccc1-c1cc2ccccc2oc1=O. The predicted molar refractivity (Wildman–Crippen MR) is 136 cm³/mol. The second kappa shape index (κ2) is 9.47. The Kier molecular flexibility index (Phi) is 6.07. The smallest absolute Gasteiger partial charge is 0.344 e. The van der Waals surface area contributed by atoms with Crippen LogP contribution in [-0.4, -0.2) is 31.3 Å². The van der Waals surface area contributed by atoms with Crippen LogP contribution in [0.2, 0.25) is 0 Å². The lowest BCUT2D eigenvalue weighted by Gasteiger charge is -2.18. The van der Waals surface area contributed by atoms with Crippen molar-refractivity contribution in [2.75, 3.05) is 25.6 Å². The zero-order chi connectivity index (χ0) is 24.4. The van der Waals surface area contributed by atoms with Crippen LogP contribution >= 0.6 is 12.2 Å². The number of nitrogens with one attached hydrogen (secondary N) is 2. The molecule has 1 aliphatic rings. The lowest BCUT2D eigenvalue weighted by atomic mass is 10.0. The molecule has 1 aliphatic heterocycles. The average Bonchev–Trinajstić information content (AvgIpc) is 2.88. The van der Waals surface area contributed by atoms with Gasteiger partial charge in [0.15, 0.2) is 16.6 Å². The quantitative estimate of drug-likeness (QED) is 0.323. The van der Waals surface area contributed by atoms with Gasteiger partial charge in [-0.25, -0.2) is 4.79 Å². The van der Waals surface area contributed by atoms with Crippen molar-refractivity contribution in [1.29, 1.82) is 0 Å². The lowest BCUT2D eigenvalue weighted by molar-refractivity contribution is 0.0976. The van der Waals surface area contributed by atoms with Crippen LogP contribution in [0.4, 0.5) is 5.69 Å². The molecule has 4 aromatic rings. The van der Waals surface area contributed by atoms with Gasteiger partial charge in [0.1, 0.15) is 24.5 Å². The van der Waals surface area contributed by atoms with E-state index in [0.29, 0.717) is 58.4 Å². The number of carbonyl (C=O) groups is 1. The molecule has 2 heterocycles. The number of carbonyl (C=O) groups excluding carboxylic acids is 1. The summed E-state index contributed by atoms with van der Waals surface area (Å²) in [4.78, 5) is 25.2. The van der Waals surface area contributed by atoms with Gasteiger partial charge in [-0.3, -0.25) is 10.1 Å². The van der Waals surface area contributed by atoms with Crippen LogP contribution in [0.3, 0.4) is 0 Å². The molecule has 0 saturated carbocycles. The Balaban J connectivity index is 1.33. The van der Waals surface area contributed by atoms with Gasteiger partial charge < -0.3 is 23.9 Å². The van der Waals surface area contributed by atoms with Gasteiger partial charge in [-0.15, -0.1) is 0 Å². The van der Waals surface area contributed by atoms with E-state index in [-0.39, 0.29) is 5.11 Å². The number of hydrogen-bond acceptors (Lipinski definition) is 7. The Labute approximate surface area is 205 Å². The average molecular weight is 489 g/mol. The third-order valence-electron chi connectivity index (χ3n) is 5.42.